The molecule has 0 N–H and O–H groups in total. The van der Waals surface area contributed by atoms with Gasteiger partial charge in [-0.2, -0.15) is 4.41 Å². The van der Waals surface area contributed by atoms with Crippen LogP contribution >= 0.6 is 12.1 Å². The van der Waals surface area contributed by atoms with Crippen molar-refractivity contribution in [3.63, 3.8) is 0 Å². The highest BCUT2D eigenvalue weighted by molar-refractivity contribution is 7.95. The third kappa shape index (κ3) is 5.38. The van der Waals surface area contributed by atoms with Gasteiger partial charge in [0.2, 0.25) is 0 Å². The summed E-state index contributed by atoms with van der Waals surface area (Å²) in [5.41, 5.74) is 0.454. The van der Waals surface area contributed by atoms with Crippen molar-refractivity contribution in [2.75, 3.05) is 26.3 Å². The Morgan fingerprint density at radius 2 is 1.34 bits per heavy atom. The van der Waals surface area contributed by atoms with Crippen molar-refractivity contribution in [3.8, 4) is 0 Å². The molecule has 1 fully saturated rings. The minimum Gasteiger partial charge on any atom is -0.379 e. The smallest absolute Gasteiger partial charge is 0.284 e. The third-order valence-electron chi connectivity index (χ3n) is 4.39. The van der Waals surface area contributed by atoms with Gasteiger partial charge in [-0.25, -0.2) is 9.31 Å². The fourth-order valence-corrected chi connectivity index (χ4v) is 4.06. The normalized spacial score (nSPS) is 15.0. The molecule has 2 amide bonds. The van der Waals surface area contributed by atoms with Crippen LogP contribution < -0.4 is 0 Å². The van der Waals surface area contributed by atoms with Crippen molar-refractivity contribution in [3.05, 3.63) is 71.8 Å². The van der Waals surface area contributed by atoms with Crippen molar-refractivity contribution in [2.24, 2.45) is 0 Å². The van der Waals surface area contributed by atoms with Crippen molar-refractivity contribution < 1.29 is 14.3 Å². The number of carbonyl (C=O) groups is 2. The van der Waals surface area contributed by atoms with Gasteiger partial charge in [-0.15, -0.1) is 0 Å². The molecule has 1 aliphatic heterocycles. The van der Waals surface area contributed by atoms with Gasteiger partial charge in [0.05, 0.1) is 30.9 Å². The number of hydrogen-bond acceptors (Lipinski definition) is 5. The summed E-state index contributed by atoms with van der Waals surface area (Å²) in [4.78, 5) is 27.0. The van der Waals surface area contributed by atoms with Gasteiger partial charge in [0.25, 0.3) is 11.8 Å². The number of rotatable bonds is 4. The maximum Gasteiger partial charge on any atom is 0.284 e. The lowest BCUT2D eigenvalue weighted by Crippen LogP contribution is -2.56. The van der Waals surface area contributed by atoms with Crippen LogP contribution in [0, 0.1) is 0 Å². The van der Waals surface area contributed by atoms with Gasteiger partial charge in [0, 0.05) is 24.2 Å². The molecule has 0 unspecified atom stereocenters. The van der Waals surface area contributed by atoms with Gasteiger partial charge in [-0.1, -0.05) is 36.4 Å². The van der Waals surface area contributed by atoms with Crippen molar-refractivity contribution in [1.29, 1.82) is 0 Å². The third-order valence-corrected chi connectivity index (χ3v) is 5.47. The van der Waals surface area contributed by atoms with Gasteiger partial charge in [-0.05, 0) is 45.0 Å². The highest BCUT2D eigenvalue weighted by Gasteiger charge is 2.38. The number of amides is 2. The number of ether oxygens (including phenoxy) is 1. The average Bonchev–Trinajstić information content (AvgIpc) is 2.73. The number of hydrogen-bond donors (Lipinski definition) is 0. The van der Waals surface area contributed by atoms with Crippen LogP contribution in [0.1, 0.15) is 41.5 Å². The summed E-state index contributed by atoms with van der Waals surface area (Å²) in [5.74, 6) is -0.454. The predicted octanol–water partition coefficient (Wildman–Crippen LogP) is 3.88. The molecule has 2 aromatic carbocycles. The first-order valence-electron chi connectivity index (χ1n) is 9.68. The maximum absolute atomic E-state index is 13.5. The van der Waals surface area contributed by atoms with Crippen molar-refractivity contribution >= 4 is 23.9 Å². The largest absolute Gasteiger partial charge is 0.379 e. The summed E-state index contributed by atoms with van der Waals surface area (Å²) in [6.45, 7) is 8.35. The van der Waals surface area contributed by atoms with Gasteiger partial charge in [0.15, 0.2) is 0 Å². The van der Waals surface area contributed by atoms with E-state index < -0.39 is 5.54 Å². The molecule has 0 aliphatic carbocycles. The Hall–Kier alpha value is -2.35. The molecule has 1 saturated heterocycles. The summed E-state index contributed by atoms with van der Waals surface area (Å²) in [6, 6.07) is 18.1. The standard InChI is InChI=1S/C22H27N3O3S/c1-22(2,3)24(20(26)18-10-6-4-7-11-18)25(29-23-14-16-28-17-15-23)21(27)19-12-8-5-9-13-19/h4-13H,14-17H2,1-3H3. The van der Waals surface area contributed by atoms with E-state index in [-0.39, 0.29) is 11.8 Å². The molecule has 154 valence electrons. The van der Waals surface area contributed by atoms with Crippen LogP contribution in [-0.2, 0) is 4.74 Å². The van der Waals surface area contributed by atoms with E-state index in [0.29, 0.717) is 37.4 Å². The van der Waals surface area contributed by atoms with Crippen LogP contribution in [-0.4, -0.2) is 57.4 Å². The van der Waals surface area contributed by atoms with Gasteiger partial charge in [-0.3, -0.25) is 9.59 Å². The molecule has 0 aromatic heterocycles. The summed E-state index contributed by atoms with van der Waals surface area (Å²) in [5, 5.41) is 1.55. The van der Waals surface area contributed by atoms with E-state index in [4.69, 9.17) is 4.74 Å². The molecule has 0 atom stereocenters. The molecule has 1 aliphatic rings. The van der Waals surface area contributed by atoms with Crippen LogP contribution in [0.2, 0.25) is 0 Å². The van der Waals surface area contributed by atoms with Crippen LogP contribution in [0.15, 0.2) is 60.7 Å². The number of carbonyl (C=O) groups excluding carboxylic acids is 2. The van der Waals surface area contributed by atoms with Crippen molar-refractivity contribution in [1.82, 2.24) is 13.7 Å². The fourth-order valence-electron chi connectivity index (χ4n) is 2.96. The lowest BCUT2D eigenvalue weighted by atomic mass is 10.1. The molecule has 3 rings (SSSR count). The lowest BCUT2D eigenvalue weighted by molar-refractivity contribution is -0.00306. The summed E-state index contributed by atoms with van der Waals surface area (Å²) in [7, 11) is 0. The molecular weight excluding hydrogens is 386 g/mol. The molecule has 6 nitrogen and oxygen atoms in total. The lowest BCUT2D eigenvalue weighted by Gasteiger charge is -2.44. The SMILES string of the molecule is CC(C)(C)N(C(=O)c1ccccc1)N(SN1CCOCC1)C(=O)c1ccccc1. The summed E-state index contributed by atoms with van der Waals surface area (Å²) >= 11 is 1.27. The molecule has 0 radical (unpaired) electrons. The first kappa shape index (κ1) is 21.4. The molecule has 2 aromatic rings. The Kier molecular flexibility index (Phi) is 6.95. The van der Waals surface area contributed by atoms with E-state index in [9.17, 15) is 9.59 Å². The number of benzene rings is 2. The zero-order valence-corrected chi connectivity index (χ0v) is 17.9. The van der Waals surface area contributed by atoms with Gasteiger partial charge >= 0.3 is 0 Å². The Balaban J connectivity index is 1.99. The Bertz CT molecular complexity index is 818. The molecule has 1 heterocycles. The quantitative estimate of drug-likeness (QED) is 0.562. The summed E-state index contributed by atoms with van der Waals surface area (Å²) in [6.07, 6.45) is 0. The Labute approximate surface area is 176 Å². The number of hydrazine groups is 1. The fraction of sp³-hybridized carbons (Fsp3) is 0.364. The topological polar surface area (TPSA) is 53.1 Å². The second-order valence-electron chi connectivity index (χ2n) is 7.72. The van der Waals surface area contributed by atoms with E-state index in [2.05, 4.69) is 4.31 Å². The molecule has 29 heavy (non-hydrogen) atoms. The predicted molar refractivity (Wildman–Crippen MR) is 115 cm³/mol. The first-order valence-corrected chi connectivity index (χ1v) is 10.4. The Morgan fingerprint density at radius 3 is 1.83 bits per heavy atom. The molecule has 7 heteroatoms. The van der Waals surface area contributed by atoms with Crippen LogP contribution in [0.25, 0.3) is 0 Å². The average molecular weight is 414 g/mol. The number of nitrogens with zero attached hydrogens (tertiary/aromatic N) is 3. The molecular formula is C22H27N3O3S. The molecule has 0 saturated carbocycles. The van der Waals surface area contributed by atoms with E-state index in [1.165, 1.54) is 16.5 Å². The number of morpholine rings is 1. The second-order valence-corrected chi connectivity index (χ2v) is 8.75. The molecule has 0 spiro atoms. The minimum atomic E-state index is -0.614. The second kappa shape index (κ2) is 9.43. The minimum absolute atomic E-state index is 0.219. The van der Waals surface area contributed by atoms with Crippen LogP contribution in [0.3, 0.4) is 0 Å². The molecule has 0 bridgehead atoms. The highest BCUT2D eigenvalue weighted by atomic mass is 32.2. The van der Waals surface area contributed by atoms with E-state index >= 15 is 0 Å². The van der Waals surface area contributed by atoms with Crippen molar-refractivity contribution in [2.45, 2.75) is 26.3 Å². The monoisotopic (exact) mass is 413 g/mol. The van der Waals surface area contributed by atoms with Crippen LogP contribution in [0.5, 0.6) is 0 Å². The van der Waals surface area contributed by atoms with Crippen LogP contribution in [0.4, 0.5) is 0 Å². The first-order chi connectivity index (χ1) is 13.9. The zero-order valence-electron chi connectivity index (χ0n) is 17.1. The van der Waals surface area contributed by atoms with E-state index in [1.54, 1.807) is 29.3 Å². The summed E-state index contributed by atoms with van der Waals surface area (Å²) < 4.78 is 8.98. The van der Waals surface area contributed by atoms with Gasteiger partial charge < -0.3 is 4.74 Å². The maximum atomic E-state index is 13.5. The van der Waals surface area contributed by atoms with E-state index in [0.717, 1.165) is 0 Å². The zero-order chi connectivity index (χ0) is 20.9. The van der Waals surface area contributed by atoms with E-state index in [1.807, 2.05) is 57.2 Å². The van der Waals surface area contributed by atoms with Gasteiger partial charge in [0.1, 0.15) is 0 Å². The Morgan fingerprint density at radius 1 is 0.862 bits per heavy atom. The highest BCUT2D eigenvalue weighted by Crippen LogP contribution is 2.30.